The molecule has 0 saturated heterocycles. The maximum Gasteiger partial charge on any atom is 0.270 e. The summed E-state index contributed by atoms with van der Waals surface area (Å²) < 4.78 is 0. The van der Waals surface area contributed by atoms with Gasteiger partial charge in [-0.05, 0) is 24.1 Å². The molecule has 0 spiro atoms. The molecule has 3 N–H and O–H groups in total. The topological polar surface area (TPSA) is 82.5 Å². The molecule has 114 valence electrons. The van der Waals surface area contributed by atoms with Crippen molar-refractivity contribution in [3.05, 3.63) is 66.0 Å². The molecule has 0 aliphatic heterocycles. The Hall–Kier alpha value is -2.24. The molecule has 1 aliphatic rings. The van der Waals surface area contributed by atoms with Crippen molar-refractivity contribution in [3.63, 3.8) is 0 Å². The Balaban J connectivity index is 1.82. The molecule has 1 saturated carbocycles. The Kier molecular flexibility index (Phi) is 4.18. The van der Waals surface area contributed by atoms with E-state index in [9.17, 15) is 15.0 Å². The van der Waals surface area contributed by atoms with Gasteiger partial charge in [-0.1, -0.05) is 36.4 Å². The van der Waals surface area contributed by atoms with Gasteiger partial charge in [-0.2, -0.15) is 0 Å². The Labute approximate surface area is 128 Å². The highest BCUT2D eigenvalue weighted by Crippen LogP contribution is 2.35. The number of nitrogens with one attached hydrogen (secondary N) is 1. The predicted octanol–water partition coefficient (Wildman–Crippen LogP) is 1.09. The van der Waals surface area contributed by atoms with Crippen LogP contribution in [0.25, 0.3) is 0 Å². The van der Waals surface area contributed by atoms with Crippen molar-refractivity contribution >= 4 is 5.91 Å². The average Bonchev–Trinajstić information content (AvgIpc) is 2.85. The van der Waals surface area contributed by atoms with Crippen LogP contribution in [0.4, 0.5) is 0 Å². The average molecular weight is 298 g/mol. The van der Waals surface area contributed by atoms with Crippen molar-refractivity contribution < 1.29 is 15.0 Å². The van der Waals surface area contributed by atoms with E-state index in [0.717, 1.165) is 5.56 Å². The first-order chi connectivity index (χ1) is 10.7. The number of pyridine rings is 1. The number of rotatable bonds is 3. The normalized spacial score (nSPS) is 27.5. The van der Waals surface area contributed by atoms with E-state index in [2.05, 4.69) is 10.3 Å². The molecule has 1 fully saturated rings. The summed E-state index contributed by atoms with van der Waals surface area (Å²) in [5.74, 6) is -0.474. The van der Waals surface area contributed by atoms with Crippen LogP contribution in [0.1, 0.15) is 28.4 Å². The molecule has 0 bridgehead atoms. The molecule has 1 aliphatic carbocycles. The first-order valence-corrected chi connectivity index (χ1v) is 7.30. The van der Waals surface area contributed by atoms with Gasteiger partial charge < -0.3 is 15.5 Å². The summed E-state index contributed by atoms with van der Waals surface area (Å²) >= 11 is 0. The molecule has 4 atom stereocenters. The smallest absolute Gasteiger partial charge is 0.270 e. The van der Waals surface area contributed by atoms with E-state index in [1.807, 2.05) is 30.3 Å². The molecule has 0 radical (unpaired) electrons. The first kappa shape index (κ1) is 14.7. The summed E-state index contributed by atoms with van der Waals surface area (Å²) in [4.78, 5) is 16.3. The lowest BCUT2D eigenvalue weighted by atomic mass is 9.93. The second-order valence-electron chi connectivity index (χ2n) is 5.53. The molecular weight excluding hydrogens is 280 g/mol. The van der Waals surface area contributed by atoms with E-state index in [-0.39, 0.29) is 11.8 Å². The van der Waals surface area contributed by atoms with Gasteiger partial charge in [0, 0.05) is 12.1 Å². The number of carbonyl (C=O) groups excluding carboxylic acids is 1. The van der Waals surface area contributed by atoms with Crippen LogP contribution in [0.15, 0.2) is 54.7 Å². The zero-order valence-electron chi connectivity index (χ0n) is 12.0. The van der Waals surface area contributed by atoms with Gasteiger partial charge in [0.2, 0.25) is 0 Å². The van der Waals surface area contributed by atoms with Crippen LogP contribution in [-0.2, 0) is 0 Å². The largest absolute Gasteiger partial charge is 0.390 e. The van der Waals surface area contributed by atoms with Crippen molar-refractivity contribution in [2.24, 2.45) is 0 Å². The third kappa shape index (κ3) is 2.86. The molecule has 22 heavy (non-hydrogen) atoms. The number of aliphatic hydroxyl groups excluding tert-OH is 2. The number of hydrogen-bond donors (Lipinski definition) is 3. The van der Waals surface area contributed by atoms with Crippen molar-refractivity contribution in [3.8, 4) is 0 Å². The zero-order valence-corrected chi connectivity index (χ0v) is 12.0. The highest BCUT2D eigenvalue weighted by atomic mass is 16.3. The lowest BCUT2D eigenvalue weighted by Gasteiger charge is -2.23. The molecular formula is C17H18N2O3. The van der Waals surface area contributed by atoms with Gasteiger partial charge in [0.15, 0.2) is 0 Å². The quantitative estimate of drug-likeness (QED) is 0.792. The van der Waals surface area contributed by atoms with Crippen molar-refractivity contribution in [2.45, 2.75) is 30.6 Å². The van der Waals surface area contributed by atoms with Gasteiger partial charge in [0.1, 0.15) is 11.8 Å². The minimum absolute atomic E-state index is 0.126. The molecule has 3 rings (SSSR count). The molecule has 1 aromatic heterocycles. The third-order valence-corrected chi connectivity index (χ3v) is 4.11. The van der Waals surface area contributed by atoms with Crippen LogP contribution in [0.5, 0.6) is 0 Å². The molecule has 4 unspecified atom stereocenters. The highest BCUT2D eigenvalue weighted by molar-refractivity contribution is 5.92. The standard InChI is InChI=1S/C17H18N2O3/c20-14-10-12(11-6-2-1-3-7-11)15(16(14)21)19-17(22)13-8-4-5-9-18-13/h1-9,12,14-16,20-21H,10H2,(H,19,22). The van der Waals surface area contributed by atoms with Gasteiger partial charge in [-0.15, -0.1) is 0 Å². The van der Waals surface area contributed by atoms with E-state index in [4.69, 9.17) is 0 Å². The highest BCUT2D eigenvalue weighted by Gasteiger charge is 2.43. The molecule has 1 aromatic carbocycles. The molecule has 1 amide bonds. The van der Waals surface area contributed by atoms with Crippen molar-refractivity contribution in [1.29, 1.82) is 0 Å². The van der Waals surface area contributed by atoms with E-state index in [1.165, 1.54) is 0 Å². The van der Waals surface area contributed by atoms with E-state index >= 15 is 0 Å². The lowest BCUT2D eigenvalue weighted by Crippen LogP contribution is -2.45. The van der Waals surface area contributed by atoms with E-state index < -0.39 is 18.2 Å². The summed E-state index contributed by atoms with van der Waals surface area (Å²) in [7, 11) is 0. The van der Waals surface area contributed by atoms with Gasteiger partial charge in [0.25, 0.3) is 5.91 Å². The van der Waals surface area contributed by atoms with Crippen LogP contribution >= 0.6 is 0 Å². The van der Waals surface area contributed by atoms with Crippen LogP contribution in [0.3, 0.4) is 0 Å². The minimum atomic E-state index is -0.988. The number of nitrogens with zero attached hydrogens (tertiary/aromatic N) is 1. The SMILES string of the molecule is O=C(NC1C(c2ccccc2)CC(O)C1O)c1ccccn1. The summed E-state index contributed by atoms with van der Waals surface area (Å²) in [6.45, 7) is 0. The Morgan fingerprint density at radius 3 is 2.50 bits per heavy atom. The maximum atomic E-state index is 12.3. The second kappa shape index (κ2) is 6.25. The number of carbonyl (C=O) groups is 1. The number of hydrogen-bond acceptors (Lipinski definition) is 4. The van der Waals surface area contributed by atoms with Crippen LogP contribution < -0.4 is 5.32 Å². The Bertz CT molecular complexity index is 633. The fourth-order valence-electron chi connectivity index (χ4n) is 2.98. The molecule has 5 heteroatoms. The molecule has 1 heterocycles. The van der Waals surface area contributed by atoms with Gasteiger partial charge in [-0.3, -0.25) is 9.78 Å². The number of aromatic nitrogens is 1. The fraction of sp³-hybridized carbons (Fsp3) is 0.294. The van der Waals surface area contributed by atoms with Crippen molar-refractivity contribution in [1.82, 2.24) is 10.3 Å². The number of benzene rings is 1. The third-order valence-electron chi connectivity index (χ3n) is 4.11. The minimum Gasteiger partial charge on any atom is -0.390 e. The maximum absolute atomic E-state index is 12.3. The molecule has 2 aromatic rings. The summed E-state index contributed by atoms with van der Waals surface area (Å²) in [5.41, 5.74) is 1.28. The Morgan fingerprint density at radius 2 is 1.82 bits per heavy atom. The molecule has 5 nitrogen and oxygen atoms in total. The number of aliphatic hydroxyl groups is 2. The van der Waals surface area contributed by atoms with Crippen molar-refractivity contribution in [2.75, 3.05) is 0 Å². The first-order valence-electron chi connectivity index (χ1n) is 7.30. The van der Waals surface area contributed by atoms with E-state index in [1.54, 1.807) is 24.4 Å². The Morgan fingerprint density at radius 1 is 1.09 bits per heavy atom. The van der Waals surface area contributed by atoms with Gasteiger partial charge in [-0.25, -0.2) is 0 Å². The van der Waals surface area contributed by atoms with E-state index in [0.29, 0.717) is 12.1 Å². The number of amides is 1. The zero-order chi connectivity index (χ0) is 15.5. The summed E-state index contributed by atoms with van der Waals surface area (Å²) in [6.07, 6.45) is 0.124. The predicted molar refractivity (Wildman–Crippen MR) is 81.3 cm³/mol. The second-order valence-corrected chi connectivity index (χ2v) is 5.53. The monoisotopic (exact) mass is 298 g/mol. The fourth-order valence-corrected chi connectivity index (χ4v) is 2.98. The lowest BCUT2D eigenvalue weighted by molar-refractivity contribution is 0.0294. The summed E-state index contributed by atoms with van der Waals surface area (Å²) in [6, 6.07) is 14.1. The summed E-state index contributed by atoms with van der Waals surface area (Å²) in [5, 5.41) is 23.0. The van der Waals surface area contributed by atoms with Crippen LogP contribution in [0, 0.1) is 0 Å². The van der Waals surface area contributed by atoms with Gasteiger partial charge in [0.05, 0.1) is 12.1 Å². The van der Waals surface area contributed by atoms with Gasteiger partial charge >= 0.3 is 0 Å². The van der Waals surface area contributed by atoms with Crippen LogP contribution in [-0.4, -0.2) is 39.4 Å². The van der Waals surface area contributed by atoms with Crippen LogP contribution in [0.2, 0.25) is 0 Å².